The maximum atomic E-state index is 12.9. The zero-order chi connectivity index (χ0) is 18.8. The van der Waals surface area contributed by atoms with Crippen molar-refractivity contribution in [3.05, 3.63) is 69.8 Å². The number of hydrogen-bond donors (Lipinski definition) is 1. The number of nitrogens with zero attached hydrogens (tertiary/aromatic N) is 1. The van der Waals surface area contributed by atoms with Gasteiger partial charge in [0, 0.05) is 18.7 Å². The molecule has 2 heterocycles. The van der Waals surface area contributed by atoms with E-state index in [4.69, 9.17) is 20.8 Å². The molecule has 0 aliphatic carbocycles. The minimum Gasteiger partial charge on any atom is -0.503 e. The molecule has 1 aliphatic heterocycles. The number of halogens is 1. The van der Waals surface area contributed by atoms with E-state index >= 15 is 0 Å². The molecule has 26 heavy (non-hydrogen) atoms. The van der Waals surface area contributed by atoms with Crippen LogP contribution in [0.5, 0.6) is 0 Å². The Kier molecular flexibility index (Phi) is 5.15. The number of Topliss-reactive ketones (excluding diaryl/α,β-unsaturated/α-hetero) is 1. The van der Waals surface area contributed by atoms with E-state index in [-0.39, 0.29) is 24.5 Å². The van der Waals surface area contributed by atoms with Gasteiger partial charge >= 0.3 is 0 Å². The predicted octanol–water partition coefficient (Wildman–Crippen LogP) is 3.47. The Bertz CT molecular complexity index is 886. The first kappa shape index (κ1) is 18.2. The van der Waals surface area contributed by atoms with Gasteiger partial charge in [0.1, 0.15) is 5.76 Å². The molecule has 2 aromatic rings. The van der Waals surface area contributed by atoms with Crippen molar-refractivity contribution >= 4 is 23.3 Å². The normalized spacial score (nSPS) is 17.3. The highest BCUT2D eigenvalue weighted by atomic mass is 35.5. The van der Waals surface area contributed by atoms with Crippen LogP contribution in [0.25, 0.3) is 0 Å². The number of furan rings is 1. The van der Waals surface area contributed by atoms with Gasteiger partial charge in [0.05, 0.1) is 18.2 Å². The van der Waals surface area contributed by atoms with Crippen molar-refractivity contribution in [3.63, 3.8) is 0 Å². The summed E-state index contributed by atoms with van der Waals surface area (Å²) >= 11 is 6.09. The molecule has 136 valence electrons. The van der Waals surface area contributed by atoms with Gasteiger partial charge in [-0.1, -0.05) is 23.7 Å². The highest BCUT2D eigenvalue weighted by Gasteiger charge is 2.44. The van der Waals surface area contributed by atoms with E-state index in [2.05, 4.69) is 0 Å². The summed E-state index contributed by atoms with van der Waals surface area (Å²) in [7, 11) is 1.51. The molecule has 0 saturated heterocycles. The molecule has 1 amide bonds. The molecule has 6 nitrogen and oxygen atoms in total. The quantitative estimate of drug-likeness (QED) is 0.782. The van der Waals surface area contributed by atoms with Crippen LogP contribution in [-0.2, 0) is 9.53 Å². The molecule has 1 aromatic carbocycles. The van der Waals surface area contributed by atoms with Crippen molar-refractivity contribution in [2.75, 3.05) is 20.3 Å². The monoisotopic (exact) mass is 375 g/mol. The zero-order valence-corrected chi connectivity index (χ0v) is 15.1. The van der Waals surface area contributed by atoms with Gasteiger partial charge < -0.3 is 19.2 Å². The maximum absolute atomic E-state index is 12.9. The fourth-order valence-corrected chi connectivity index (χ4v) is 3.22. The van der Waals surface area contributed by atoms with Crippen LogP contribution in [0.15, 0.2) is 52.1 Å². The van der Waals surface area contributed by atoms with Crippen molar-refractivity contribution in [2.45, 2.75) is 13.0 Å². The third-order valence-electron chi connectivity index (χ3n) is 4.21. The summed E-state index contributed by atoms with van der Waals surface area (Å²) in [6.45, 7) is 2.19. The molecule has 0 radical (unpaired) electrons. The van der Waals surface area contributed by atoms with Gasteiger partial charge in [0.15, 0.2) is 11.5 Å². The third-order valence-corrected chi connectivity index (χ3v) is 4.45. The summed E-state index contributed by atoms with van der Waals surface area (Å²) in [5, 5.41) is 10.9. The molecular weight excluding hydrogens is 358 g/mol. The van der Waals surface area contributed by atoms with Gasteiger partial charge in [0.2, 0.25) is 5.78 Å². The predicted molar refractivity (Wildman–Crippen MR) is 95.2 cm³/mol. The second kappa shape index (κ2) is 7.35. The molecule has 0 fully saturated rings. The number of amides is 1. The van der Waals surface area contributed by atoms with E-state index in [1.165, 1.54) is 18.1 Å². The Morgan fingerprint density at radius 1 is 1.35 bits per heavy atom. The largest absolute Gasteiger partial charge is 0.503 e. The molecule has 0 spiro atoms. The first-order valence-corrected chi connectivity index (χ1v) is 8.41. The lowest BCUT2D eigenvalue weighted by atomic mass is 9.95. The van der Waals surface area contributed by atoms with Gasteiger partial charge in [-0.05, 0) is 36.8 Å². The average molecular weight is 376 g/mol. The maximum Gasteiger partial charge on any atom is 0.290 e. The first-order valence-electron chi connectivity index (χ1n) is 8.03. The molecule has 7 heteroatoms. The number of ketones is 1. The molecule has 3 rings (SSSR count). The van der Waals surface area contributed by atoms with Crippen molar-refractivity contribution in [2.24, 2.45) is 0 Å². The van der Waals surface area contributed by atoms with Crippen molar-refractivity contribution in [1.82, 2.24) is 4.90 Å². The number of methoxy groups -OCH3 is 1. The number of carbonyl (C=O) groups is 2. The van der Waals surface area contributed by atoms with Gasteiger partial charge in [-0.25, -0.2) is 0 Å². The van der Waals surface area contributed by atoms with E-state index < -0.39 is 23.5 Å². The van der Waals surface area contributed by atoms with Crippen molar-refractivity contribution in [3.8, 4) is 0 Å². The number of ether oxygens (including phenoxy) is 1. The van der Waals surface area contributed by atoms with E-state index in [0.29, 0.717) is 16.3 Å². The van der Waals surface area contributed by atoms with Gasteiger partial charge in [-0.2, -0.15) is 0 Å². The molecule has 1 unspecified atom stereocenters. The Hall–Kier alpha value is -2.57. The summed E-state index contributed by atoms with van der Waals surface area (Å²) in [6.07, 6.45) is 0. The average Bonchev–Trinajstić information content (AvgIpc) is 3.15. The first-order chi connectivity index (χ1) is 12.4. The molecule has 1 aliphatic rings. The second-order valence-electron chi connectivity index (χ2n) is 5.95. The van der Waals surface area contributed by atoms with Crippen molar-refractivity contribution < 1.29 is 23.8 Å². The Labute approximate surface area is 155 Å². The third kappa shape index (κ3) is 3.25. The summed E-state index contributed by atoms with van der Waals surface area (Å²) in [5.74, 6) is -1.11. The summed E-state index contributed by atoms with van der Waals surface area (Å²) < 4.78 is 10.4. The molecule has 1 aromatic heterocycles. The van der Waals surface area contributed by atoms with Crippen LogP contribution in [0.1, 0.15) is 27.9 Å². The Balaban J connectivity index is 2.08. The smallest absolute Gasteiger partial charge is 0.290 e. The molecule has 0 bridgehead atoms. The standard InChI is InChI=1S/C19H18ClNO5/c1-11-6-7-14(26-11)17(22)15-16(12-4-3-5-13(20)10-12)21(8-9-25-2)19(24)18(15)23/h3-7,10,16,23H,8-9H2,1-2H3. The number of aryl methyl sites for hydroxylation is 1. The van der Waals surface area contributed by atoms with Gasteiger partial charge in [-0.3, -0.25) is 9.59 Å². The number of aliphatic hydroxyl groups excluding tert-OH is 1. The van der Waals surface area contributed by atoms with Crippen LogP contribution in [0.4, 0.5) is 0 Å². The summed E-state index contributed by atoms with van der Waals surface area (Å²) in [4.78, 5) is 26.9. The lowest BCUT2D eigenvalue weighted by Gasteiger charge is -2.26. The van der Waals surface area contributed by atoms with E-state index in [1.807, 2.05) is 0 Å². The second-order valence-corrected chi connectivity index (χ2v) is 6.39. The lowest BCUT2D eigenvalue weighted by molar-refractivity contribution is -0.130. The fourth-order valence-electron chi connectivity index (χ4n) is 3.02. The van der Waals surface area contributed by atoms with E-state index in [9.17, 15) is 14.7 Å². The van der Waals surface area contributed by atoms with Gasteiger partial charge in [0.25, 0.3) is 5.91 Å². The lowest BCUT2D eigenvalue weighted by Crippen LogP contribution is -2.34. The minimum atomic E-state index is -0.769. The molecule has 0 saturated carbocycles. The number of benzene rings is 1. The van der Waals surface area contributed by atoms with Crippen LogP contribution in [0, 0.1) is 6.92 Å². The van der Waals surface area contributed by atoms with Crippen LogP contribution in [0.2, 0.25) is 5.02 Å². The van der Waals surface area contributed by atoms with E-state index in [1.54, 1.807) is 37.3 Å². The molecule has 1 N–H and O–H groups in total. The number of hydrogen-bond acceptors (Lipinski definition) is 5. The number of carbonyl (C=O) groups excluding carboxylic acids is 2. The number of aliphatic hydroxyl groups is 1. The number of rotatable bonds is 6. The Morgan fingerprint density at radius 3 is 2.73 bits per heavy atom. The highest BCUT2D eigenvalue weighted by molar-refractivity contribution is 6.30. The zero-order valence-electron chi connectivity index (χ0n) is 14.4. The minimum absolute atomic E-state index is 0.0253. The highest BCUT2D eigenvalue weighted by Crippen LogP contribution is 2.39. The van der Waals surface area contributed by atoms with Crippen LogP contribution in [0.3, 0.4) is 0 Å². The molecule has 1 atom stereocenters. The van der Waals surface area contributed by atoms with E-state index in [0.717, 1.165) is 0 Å². The van der Waals surface area contributed by atoms with Crippen molar-refractivity contribution in [1.29, 1.82) is 0 Å². The van der Waals surface area contributed by atoms with Crippen LogP contribution in [-0.4, -0.2) is 42.0 Å². The SMILES string of the molecule is COCCN1C(=O)C(O)=C(C(=O)c2ccc(C)o2)C1c1cccc(Cl)c1. The van der Waals surface area contributed by atoms with Gasteiger partial charge in [-0.15, -0.1) is 0 Å². The Morgan fingerprint density at radius 2 is 2.12 bits per heavy atom. The molecular formula is C19H18ClNO5. The van der Waals surface area contributed by atoms with Crippen LogP contribution < -0.4 is 0 Å². The van der Waals surface area contributed by atoms with Crippen LogP contribution >= 0.6 is 11.6 Å². The summed E-state index contributed by atoms with van der Waals surface area (Å²) in [5.41, 5.74) is 0.598. The summed E-state index contributed by atoms with van der Waals surface area (Å²) in [6, 6.07) is 9.25. The topological polar surface area (TPSA) is 80.0 Å². The fraction of sp³-hybridized carbons (Fsp3) is 0.263.